The molecule has 5 rings (SSSR count). The molecule has 0 spiro atoms. The van der Waals surface area contributed by atoms with Crippen LogP contribution in [-0.4, -0.2) is 63.8 Å². The number of likely N-dealkylation sites (N-methyl/N-ethyl adjacent to an activating group) is 1. The van der Waals surface area contributed by atoms with Gasteiger partial charge in [0.15, 0.2) is 0 Å². The van der Waals surface area contributed by atoms with Crippen molar-refractivity contribution in [3.8, 4) is 11.8 Å². The first-order valence-corrected chi connectivity index (χ1v) is 13.6. The Morgan fingerprint density at radius 3 is 2.64 bits per heavy atom. The second kappa shape index (κ2) is 9.30. The monoisotopic (exact) mass is 510 g/mol. The largest absolute Gasteiger partial charge is 0.485 e. The van der Waals surface area contributed by atoms with E-state index in [4.69, 9.17) is 4.74 Å². The van der Waals surface area contributed by atoms with Crippen molar-refractivity contribution in [3.05, 3.63) is 48.0 Å². The van der Waals surface area contributed by atoms with E-state index in [-0.39, 0.29) is 23.0 Å². The molecule has 36 heavy (non-hydrogen) atoms. The van der Waals surface area contributed by atoms with Crippen molar-refractivity contribution in [2.24, 2.45) is 11.8 Å². The molecule has 2 saturated carbocycles. The van der Waals surface area contributed by atoms with Crippen LogP contribution in [-0.2, 0) is 10.0 Å². The van der Waals surface area contributed by atoms with Crippen molar-refractivity contribution in [1.29, 1.82) is 5.26 Å². The summed E-state index contributed by atoms with van der Waals surface area (Å²) in [5.74, 6) is 1.27. The minimum atomic E-state index is -4.05. The van der Waals surface area contributed by atoms with Crippen LogP contribution in [0.3, 0.4) is 0 Å². The molecule has 9 nitrogen and oxygen atoms in total. The highest BCUT2D eigenvalue weighted by molar-refractivity contribution is 7.92. The van der Waals surface area contributed by atoms with Crippen molar-refractivity contribution in [1.82, 2.24) is 4.90 Å². The molecular weight excluding hydrogens is 480 g/mol. The van der Waals surface area contributed by atoms with Crippen LogP contribution in [0.25, 0.3) is 0 Å². The fraction of sp³-hybridized carbons (Fsp3) is 0.462. The number of hydrogen-bond acceptors (Lipinski definition) is 6. The van der Waals surface area contributed by atoms with Gasteiger partial charge < -0.3 is 14.7 Å². The van der Waals surface area contributed by atoms with Crippen LogP contribution in [0, 0.1) is 23.2 Å². The number of carbonyl (C=O) groups is 1. The molecule has 190 valence electrons. The van der Waals surface area contributed by atoms with E-state index in [2.05, 4.69) is 0 Å². The van der Waals surface area contributed by atoms with Gasteiger partial charge in [0.1, 0.15) is 11.9 Å². The van der Waals surface area contributed by atoms with Gasteiger partial charge in [0, 0.05) is 18.3 Å². The molecule has 10 heteroatoms. The summed E-state index contributed by atoms with van der Waals surface area (Å²) in [7, 11) is -0.277. The standard InChI is InChI=1S/C26H30N4O5S/c1-28(2)15-21-16-29(36(33,34)22-5-3-4-18(11-22)14-27)24-13-20(8-9-25(24)35-21)30(26(31)32)23-12-17-6-7-19(23)10-17/h3-5,8-9,11,13,17,19,21,23H,6-7,10,12,15-16H2,1-2H3,(H,31,32)/t17-,19+,21+,23-/m1/s1. The Labute approximate surface area is 211 Å². The minimum Gasteiger partial charge on any atom is -0.485 e. The van der Waals surface area contributed by atoms with Gasteiger partial charge >= 0.3 is 6.09 Å². The summed E-state index contributed by atoms with van der Waals surface area (Å²) in [4.78, 5) is 15.7. The number of carboxylic acid groups (broad SMARTS) is 1. The fourth-order valence-electron chi connectivity index (χ4n) is 6.00. The van der Waals surface area contributed by atoms with Crippen LogP contribution in [0.1, 0.15) is 31.2 Å². The highest BCUT2D eigenvalue weighted by Gasteiger charge is 2.45. The molecule has 2 aliphatic carbocycles. The molecular formula is C26H30N4O5S. The Morgan fingerprint density at radius 1 is 1.19 bits per heavy atom. The summed E-state index contributed by atoms with van der Waals surface area (Å²) in [6.45, 7) is 0.562. The topological polar surface area (TPSA) is 114 Å². The molecule has 2 aromatic rings. The molecule has 0 unspecified atom stereocenters. The highest BCUT2D eigenvalue weighted by atomic mass is 32.2. The number of benzene rings is 2. The van der Waals surface area contributed by atoms with Gasteiger partial charge in [0.2, 0.25) is 0 Å². The molecule has 0 saturated heterocycles. The van der Waals surface area contributed by atoms with E-state index >= 15 is 0 Å². The van der Waals surface area contributed by atoms with Gasteiger partial charge in [0.25, 0.3) is 10.0 Å². The third-order valence-corrected chi connectivity index (χ3v) is 9.29. The fourth-order valence-corrected chi connectivity index (χ4v) is 7.55. The quantitative estimate of drug-likeness (QED) is 0.629. The molecule has 3 aliphatic rings. The molecule has 4 atom stereocenters. The Bertz CT molecular complexity index is 1320. The molecule has 1 N–H and O–H groups in total. The van der Waals surface area contributed by atoms with Gasteiger partial charge in [-0.15, -0.1) is 0 Å². The second-order valence-electron chi connectivity index (χ2n) is 10.2. The average molecular weight is 511 g/mol. The zero-order valence-corrected chi connectivity index (χ0v) is 21.2. The number of nitriles is 1. The minimum absolute atomic E-state index is 0.00611. The van der Waals surface area contributed by atoms with Crippen LogP contribution >= 0.6 is 0 Å². The molecule has 1 amide bonds. The van der Waals surface area contributed by atoms with Gasteiger partial charge in [-0.3, -0.25) is 9.21 Å². The molecule has 2 bridgehead atoms. The number of amides is 1. The summed E-state index contributed by atoms with van der Waals surface area (Å²) in [5, 5.41) is 19.4. The zero-order valence-electron chi connectivity index (χ0n) is 20.4. The van der Waals surface area contributed by atoms with Gasteiger partial charge in [-0.1, -0.05) is 12.5 Å². The van der Waals surface area contributed by atoms with Gasteiger partial charge in [-0.05, 0) is 81.6 Å². The first kappa shape index (κ1) is 24.4. The van der Waals surface area contributed by atoms with Crippen LogP contribution in [0.4, 0.5) is 16.2 Å². The number of rotatable bonds is 6. The van der Waals surface area contributed by atoms with Gasteiger partial charge in [-0.25, -0.2) is 13.2 Å². The maximum Gasteiger partial charge on any atom is 0.412 e. The van der Waals surface area contributed by atoms with E-state index in [1.54, 1.807) is 30.3 Å². The van der Waals surface area contributed by atoms with Crippen molar-refractivity contribution >= 4 is 27.5 Å². The molecule has 0 radical (unpaired) electrons. The number of sulfonamides is 1. The Hall–Kier alpha value is -3.29. The van der Waals surface area contributed by atoms with Crippen LogP contribution in [0.5, 0.6) is 5.75 Å². The number of ether oxygens (including phenoxy) is 1. The van der Waals surface area contributed by atoms with Gasteiger partial charge in [-0.2, -0.15) is 5.26 Å². The van der Waals surface area contributed by atoms with E-state index in [0.29, 0.717) is 35.5 Å². The molecule has 2 fully saturated rings. The second-order valence-corrected chi connectivity index (χ2v) is 12.1. The highest BCUT2D eigenvalue weighted by Crippen LogP contribution is 2.48. The maximum atomic E-state index is 13.8. The van der Waals surface area contributed by atoms with Crippen LogP contribution in [0.15, 0.2) is 47.4 Å². The van der Waals surface area contributed by atoms with Crippen molar-refractivity contribution in [2.45, 2.75) is 42.7 Å². The lowest BCUT2D eigenvalue weighted by molar-refractivity contribution is 0.159. The molecule has 2 aromatic carbocycles. The van der Waals surface area contributed by atoms with E-state index < -0.39 is 22.2 Å². The summed E-state index contributed by atoms with van der Waals surface area (Å²) in [5.41, 5.74) is 0.996. The predicted octanol–water partition coefficient (Wildman–Crippen LogP) is 3.75. The molecule has 1 heterocycles. The first-order chi connectivity index (χ1) is 17.2. The lowest BCUT2D eigenvalue weighted by Gasteiger charge is -2.38. The summed E-state index contributed by atoms with van der Waals surface area (Å²) in [6.07, 6.45) is 2.59. The van der Waals surface area contributed by atoms with Crippen LogP contribution < -0.4 is 13.9 Å². The van der Waals surface area contributed by atoms with Crippen molar-refractivity contribution < 1.29 is 23.1 Å². The number of nitrogens with zero attached hydrogens (tertiary/aromatic N) is 4. The Balaban J connectivity index is 1.58. The SMILES string of the molecule is CN(C)C[C@H]1CN(S(=O)(=O)c2cccc(C#N)c2)c2cc(N(C(=O)O)[C@@H]3C[C@@H]4CC[C@H]3C4)ccc2O1. The summed E-state index contributed by atoms with van der Waals surface area (Å²) < 4.78 is 35.1. The van der Waals surface area contributed by atoms with Crippen molar-refractivity contribution in [2.75, 3.05) is 36.4 Å². The van der Waals surface area contributed by atoms with E-state index in [1.807, 2.05) is 25.1 Å². The smallest absolute Gasteiger partial charge is 0.412 e. The Morgan fingerprint density at radius 2 is 2.00 bits per heavy atom. The summed E-state index contributed by atoms with van der Waals surface area (Å²) in [6, 6.07) is 12.8. The lowest BCUT2D eigenvalue weighted by Crippen LogP contribution is -2.47. The van der Waals surface area contributed by atoms with Gasteiger partial charge in [0.05, 0.1) is 28.8 Å². The van der Waals surface area contributed by atoms with E-state index in [9.17, 15) is 23.6 Å². The summed E-state index contributed by atoms with van der Waals surface area (Å²) >= 11 is 0. The predicted molar refractivity (Wildman–Crippen MR) is 135 cm³/mol. The number of fused-ring (bicyclic) bond motifs is 3. The zero-order chi connectivity index (χ0) is 25.6. The normalized spacial score (nSPS) is 24.8. The number of hydrogen-bond donors (Lipinski definition) is 1. The number of anilines is 2. The third-order valence-electron chi connectivity index (χ3n) is 7.51. The average Bonchev–Trinajstić information content (AvgIpc) is 3.47. The third kappa shape index (κ3) is 4.38. The Kier molecular flexibility index (Phi) is 6.30. The lowest BCUT2D eigenvalue weighted by atomic mass is 9.93. The molecule has 1 aliphatic heterocycles. The van der Waals surface area contributed by atoms with Crippen molar-refractivity contribution in [3.63, 3.8) is 0 Å². The van der Waals surface area contributed by atoms with Crippen LogP contribution in [0.2, 0.25) is 0 Å². The maximum absolute atomic E-state index is 13.8. The van der Waals surface area contributed by atoms with E-state index in [0.717, 1.165) is 25.7 Å². The van der Waals surface area contributed by atoms with E-state index in [1.165, 1.54) is 21.3 Å². The molecule has 0 aromatic heterocycles. The first-order valence-electron chi connectivity index (χ1n) is 12.2.